The van der Waals surface area contributed by atoms with Gasteiger partial charge in [-0.3, -0.25) is 0 Å². The molecule has 1 atom stereocenters. The lowest BCUT2D eigenvalue weighted by Crippen LogP contribution is -2.26. The molecule has 0 spiro atoms. The third kappa shape index (κ3) is 6.01. The van der Waals surface area contributed by atoms with Crippen LogP contribution in [0.25, 0.3) is 0 Å². The van der Waals surface area contributed by atoms with E-state index in [0.717, 1.165) is 6.42 Å². The molecule has 3 nitrogen and oxygen atoms in total. The van der Waals surface area contributed by atoms with Crippen molar-refractivity contribution in [2.45, 2.75) is 52.7 Å². The SMILES string of the molecule is CCC(C)OC(=O)OC(C)(C)C. The molecule has 0 saturated heterocycles. The highest BCUT2D eigenvalue weighted by atomic mass is 16.7. The van der Waals surface area contributed by atoms with E-state index in [1.807, 2.05) is 34.6 Å². The molecule has 0 radical (unpaired) electrons. The average molecular weight is 174 g/mol. The average Bonchev–Trinajstić information content (AvgIpc) is 1.82. The molecule has 0 bridgehead atoms. The molecule has 0 aromatic carbocycles. The van der Waals surface area contributed by atoms with E-state index in [1.165, 1.54) is 0 Å². The van der Waals surface area contributed by atoms with E-state index in [2.05, 4.69) is 0 Å². The smallest absolute Gasteiger partial charge is 0.431 e. The highest BCUT2D eigenvalue weighted by Crippen LogP contribution is 2.09. The summed E-state index contributed by atoms with van der Waals surface area (Å²) in [6.07, 6.45) is 0.149. The van der Waals surface area contributed by atoms with E-state index < -0.39 is 11.8 Å². The first kappa shape index (κ1) is 11.3. The van der Waals surface area contributed by atoms with Gasteiger partial charge in [0.15, 0.2) is 0 Å². The first-order valence-corrected chi connectivity index (χ1v) is 4.24. The Morgan fingerprint density at radius 1 is 1.42 bits per heavy atom. The van der Waals surface area contributed by atoms with Gasteiger partial charge in [0, 0.05) is 0 Å². The summed E-state index contributed by atoms with van der Waals surface area (Å²) in [5, 5.41) is 0. The van der Waals surface area contributed by atoms with Crippen molar-refractivity contribution in [3.63, 3.8) is 0 Å². The van der Waals surface area contributed by atoms with Crippen LogP contribution >= 0.6 is 0 Å². The van der Waals surface area contributed by atoms with Gasteiger partial charge in [0.25, 0.3) is 0 Å². The Morgan fingerprint density at radius 3 is 2.25 bits per heavy atom. The van der Waals surface area contributed by atoms with Gasteiger partial charge in [0.1, 0.15) is 11.7 Å². The maximum absolute atomic E-state index is 11.0. The molecule has 0 aromatic rings. The van der Waals surface area contributed by atoms with Gasteiger partial charge in [-0.2, -0.15) is 0 Å². The fourth-order valence-corrected chi connectivity index (χ4v) is 0.522. The van der Waals surface area contributed by atoms with E-state index in [-0.39, 0.29) is 6.10 Å². The molecule has 72 valence electrons. The van der Waals surface area contributed by atoms with Crippen LogP contribution in [0.4, 0.5) is 4.79 Å². The molecular weight excluding hydrogens is 156 g/mol. The Morgan fingerprint density at radius 2 is 1.92 bits per heavy atom. The third-order valence-corrected chi connectivity index (χ3v) is 1.26. The molecule has 0 fully saturated rings. The summed E-state index contributed by atoms with van der Waals surface area (Å²) in [6.45, 7) is 9.22. The van der Waals surface area contributed by atoms with Gasteiger partial charge in [0.05, 0.1) is 0 Å². The Labute approximate surface area is 74.0 Å². The van der Waals surface area contributed by atoms with Crippen molar-refractivity contribution in [2.24, 2.45) is 0 Å². The van der Waals surface area contributed by atoms with Crippen LogP contribution in [0.1, 0.15) is 41.0 Å². The number of carbonyl (C=O) groups excluding carboxylic acids is 1. The molecule has 0 amide bonds. The first-order valence-electron chi connectivity index (χ1n) is 4.24. The molecule has 0 aromatic heterocycles. The molecule has 0 aliphatic carbocycles. The van der Waals surface area contributed by atoms with E-state index in [0.29, 0.717) is 0 Å². The van der Waals surface area contributed by atoms with Crippen molar-refractivity contribution < 1.29 is 14.3 Å². The lowest BCUT2D eigenvalue weighted by atomic mass is 10.2. The second-order valence-electron chi connectivity index (χ2n) is 3.80. The maximum atomic E-state index is 11.0. The van der Waals surface area contributed by atoms with Crippen LogP contribution in [-0.4, -0.2) is 17.9 Å². The Kier molecular flexibility index (Phi) is 4.07. The van der Waals surface area contributed by atoms with Crippen molar-refractivity contribution >= 4 is 6.16 Å². The standard InChI is InChI=1S/C9H18O3/c1-6-7(2)11-8(10)12-9(3,4)5/h7H,6H2,1-5H3. The second-order valence-corrected chi connectivity index (χ2v) is 3.80. The van der Waals surface area contributed by atoms with E-state index in [4.69, 9.17) is 9.47 Å². The van der Waals surface area contributed by atoms with Crippen LogP contribution < -0.4 is 0 Å². The summed E-state index contributed by atoms with van der Waals surface area (Å²) >= 11 is 0. The summed E-state index contributed by atoms with van der Waals surface area (Å²) in [5.41, 5.74) is -0.468. The van der Waals surface area contributed by atoms with Crippen LogP contribution in [0.2, 0.25) is 0 Å². The summed E-state index contributed by atoms with van der Waals surface area (Å²) in [5.74, 6) is 0. The van der Waals surface area contributed by atoms with Crippen molar-refractivity contribution in [2.75, 3.05) is 0 Å². The van der Waals surface area contributed by atoms with Gasteiger partial charge >= 0.3 is 6.16 Å². The number of carbonyl (C=O) groups is 1. The highest BCUT2D eigenvalue weighted by Gasteiger charge is 2.18. The normalized spacial score (nSPS) is 13.8. The van der Waals surface area contributed by atoms with Gasteiger partial charge in [-0.25, -0.2) is 4.79 Å². The zero-order valence-corrected chi connectivity index (χ0v) is 8.51. The van der Waals surface area contributed by atoms with Gasteiger partial charge in [0.2, 0.25) is 0 Å². The molecule has 3 heteroatoms. The van der Waals surface area contributed by atoms with Crippen molar-refractivity contribution in [3.8, 4) is 0 Å². The maximum Gasteiger partial charge on any atom is 0.509 e. The van der Waals surface area contributed by atoms with Crippen LogP contribution in [0.15, 0.2) is 0 Å². The number of hydrogen-bond donors (Lipinski definition) is 0. The number of hydrogen-bond acceptors (Lipinski definition) is 3. The van der Waals surface area contributed by atoms with Crippen molar-refractivity contribution in [3.05, 3.63) is 0 Å². The monoisotopic (exact) mass is 174 g/mol. The summed E-state index contributed by atoms with van der Waals surface area (Å²) in [6, 6.07) is 0. The van der Waals surface area contributed by atoms with E-state index >= 15 is 0 Å². The predicted octanol–water partition coefficient (Wildman–Crippen LogP) is 2.74. The summed E-state index contributed by atoms with van der Waals surface area (Å²) in [7, 11) is 0. The third-order valence-electron chi connectivity index (χ3n) is 1.26. The topological polar surface area (TPSA) is 35.5 Å². The lowest BCUT2D eigenvalue weighted by molar-refractivity contribution is -0.0237. The fourth-order valence-electron chi connectivity index (χ4n) is 0.522. The lowest BCUT2D eigenvalue weighted by Gasteiger charge is -2.20. The Balaban J connectivity index is 3.75. The van der Waals surface area contributed by atoms with Gasteiger partial charge in [-0.1, -0.05) is 6.92 Å². The zero-order valence-electron chi connectivity index (χ0n) is 8.51. The predicted molar refractivity (Wildman–Crippen MR) is 47.1 cm³/mol. The fraction of sp³-hybridized carbons (Fsp3) is 0.889. The molecule has 0 rings (SSSR count). The zero-order chi connectivity index (χ0) is 9.78. The van der Waals surface area contributed by atoms with Crippen LogP contribution in [0, 0.1) is 0 Å². The summed E-state index contributed by atoms with van der Waals surface area (Å²) in [4.78, 5) is 11.0. The molecule has 0 heterocycles. The molecule has 0 aliphatic heterocycles. The van der Waals surface area contributed by atoms with E-state index in [1.54, 1.807) is 0 Å². The molecule has 0 aliphatic rings. The van der Waals surface area contributed by atoms with Crippen LogP contribution in [0.3, 0.4) is 0 Å². The molecule has 0 saturated carbocycles. The number of rotatable bonds is 2. The largest absolute Gasteiger partial charge is 0.509 e. The van der Waals surface area contributed by atoms with Gasteiger partial charge < -0.3 is 9.47 Å². The second kappa shape index (κ2) is 4.33. The van der Waals surface area contributed by atoms with Crippen LogP contribution in [0.5, 0.6) is 0 Å². The van der Waals surface area contributed by atoms with Gasteiger partial charge in [-0.15, -0.1) is 0 Å². The van der Waals surface area contributed by atoms with Crippen molar-refractivity contribution in [1.29, 1.82) is 0 Å². The Hall–Kier alpha value is -0.730. The quantitative estimate of drug-likeness (QED) is 0.604. The Bertz CT molecular complexity index is 146. The van der Waals surface area contributed by atoms with E-state index in [9.17, 15) is 4.79 Å². The van der Waals surface area contributed by atoms with Crippen molar-refractivity contribution in [1.82, 2.24) is 0 Å². The van der Waals surface area contributed by atoms with Gasteiger partial charge in [-0.05, 0) is 34.1 Å². The summed E-state index contributed by atoms with van der Waals surface area (Å²) < 4.78 is 9.86. The van der Waals surface area contributed by atoms with Crippen LogP contribution in [-0.2, 0) is 9.47 Å². The molecular formula is C9H18O3. The number of ether oxygens (including phenoxy) is 2. The minimum Gasteiger partial charge on any atom is -0.431 e. The molecule has 12 heavy (non-hydrogen) atoms. The first-order chi connectivity index (χ1) is 5.35. The molecule has 1 unspecified atom stereocenters. The highest BCUT2D eigenvalue weighted by molar-refractivity contribution is 5.60. The minimum atomic E-state index is -0.586. The molecule has 0 N–H and O–H groups in total. The minimum absolute atomic E-state index is 0.0696.